The highest BCUT2D eigenvalue weighted by atomic mass is 16.5. The van der Waals surface area contributed by atoms with Gasteiger partial charge in [-0.2, -0.15) is 4.98 Å². The third kappa shape index (κ3) is 2.39. The molecule has 17 heavy (non-hydrogen) atoms. The number of carboxylic acid groups (broad SMARTS) is 1. The Bertz CT molecular complexity index is 564. The molecule has 7 nitrogen and oxygen atoms in total. The number of carboxylic acids is 1. The number of ether oxygens (including phenoxy) is 1. The van der Waals surface area contributed by atoms with E-state index in [1.165, 1.54) is 23.1 Å². The summed E-state index contributed by atoms with van der Waals surface area (Å²) in [7, 11) is 1.71. The molecule has 2 rings (SSSR count). The maximum Gasteiger partial charge on any atom is 0.342 e. The van der Waals surface area contributed by atoms with Gasteiger partial charge in [-0.1, -0.05) is 0 Å². The maximum absolute atomic E-state index is 10.8. The average molecular weight is 234 g/mol. The van der Waals surface area contributed by atoms with Gasteiger partial charge in [0.2, 0.25) is 5.88 Å². The molecule has 1 N–H and O–H groups in total. The molecule has 0 aromatic carbocycles. The van der Waals surface area contributed by atoms with Crippen molar-refractivity contribution in [2.45, 2.75) is 6.92 Å². The fraction of sp³-hybridized carbons (Fsp3) is 0.200. The molecule has 2 aromatic heterocycles. The minimum atomic E-state index is -1.02. The lowest BCUT2D eigenvalue weighted by Gasteiger charge is -2.03. The van der Waals surface area contributed by atoms with Gasteiger partial charge in [-0.05, 0) is 13.0 Å². The molecule has 7 heteroatoms. The largest absolute Gasteiger partial charge is 0.478 e. The van der Waals surface area contributed by atoms with Crippen LogP contribution in [0.2, 0.25) is 0 Å². The Morgan fingerprint density at radius 3 is 2.76 bits per heavy atom. The van der Waals surface area contributed by atoms with E-state index in [4.69, 9.17) is 9.84 Å². The van der Waals surface area contributed by atoms with Crippen LogP contribution in [0, 0.1) is 6.92 Å². The van der Waals surface area contributed by atoms with Crippen LogP contribution in [0.25, 0.3) is 0 Å². The summed E-state index contributed by atoms with van der Waals surface area (Å²) in [5.41, 5.74) is 0.525. The van der Waals surface area contributed by atoms with E-state index < -0.39 is 5.97 Å². The molecule has 0 unspecified atom stereocenters. The van der Waals surface area contributed by atoms with Crippen molar-refractivity contribution >= 4 is 5.97 Å². The Morgan fingerprint density at radius 1 is 1.47 bits per heavy atom. The van der Waals surface area contributed by atoms with Gasteiger partial charge in [0, 0.05) is 13.1 Å². The van der Waals surface area contributed by atoms with Gasteiger partial charge in [0.25, 0.3) is 0 Å². The third-order valence-electron chi connectivity index (χ3n) is 2.07. The molecule has 0 amide bonds. The molecule has 0 saturated heterocycles. The molecule has 0 radical (unpaired) electrons. The number of pyridine rings is 1. The first-order valence-electron chi connectivity index (χ1n) is 4.80. The van der Waals surface area contributed by atoms with Gasteiger partial charge >= 0.3 is 12.0 Å². The summed E-state index contributed by atoms with van der Waals surface area (Å²) in [5, 5.41) is 12.8. The molecule has 0 aliphatic heterocycles. The normalized spacial score (nSPS) is 10.2. The molecular weight excluding hydrogens is 224 g/mol. The second-order valence-electron chi connectivity index (χ2n) is 3.39. The summed E-state index contributed by atoms with van der Waals surface area (Å²) in [6, 6.07) is 3.07. The van der Waals surface area contributed by atoms with Gasteiger partial charge in [-0.3, -0.25) is 4.68 Å². The minimum Gasteiger partial charge on any atom is -0.478 e. The minimum absolute atomic E-state index is 0.145. The molecule has 0 fully saturated rings. The van der Waals surface area contributed by atoms with Crippen molar-refractivity contribution in [3.63, 3.8) is 0 Å². The first-order chi connectivity index (χ1) is 8.06. The Balaban J connectivity index is 2.23. The molecule has 0 atom stereocenters. The Hall–Kier alpha value is -2.44. The maximum atomic E-state index is 10.8. The van der Waals surface area contributed by atoms with Crippen LogP contribution >= 0.6 is 0 Å². The lowest BCUT2D eigenvalue weighted by atomic mass is 10.2. The summed E-state index contributed by atoms with van der Waals surface area (Å²) in [4.78, 5) is 18.7. The van der Waals surface area contributed by atoms with Crippen molar-refractivity contribution in [3.8, 4) is 11.9 Å². The predicted molar refractivity (Wildman–Crippen MR) is 57.0 cm³/mol. The Kier molecular flexibility index (Phi) is 2.73. The summed E-state index contributed by atoms with van der Waals surface area (Å²) >= 11 is 0. The Morgan fingerprint density at radius 2 is 2.24 bits per heavy atom. The van der Waals surface area contributed by atoms with Crippen molar-refractivity contribution < 1.29 is 14.6 Å². The lowest BCUT2D eigenvalue weighted by Crippen LogP contribution is -2.02. The zero-order chi connectivity index (χ0) is 12.4. The predicted octanol–water partition coefficient (Wildman–Crippen LogP) is 1.01. The molecular formula is C10H10N4O3. The van der Waals surface area contributed by atoms with E-state index in [1.54, 1.807) is 14.0 Å². The van der Waals surface area contributed by atoms with Crippen LogP contribution in [-0.2, 0) is 7.05 Å². The van der Waals surface area contributed by atoms with Crippen LogP contribution in [0.15, 0.2) is 18.5 Å². The van der Waals surface area contributed by atoms with Crippen molar-refractivity contribution in [1.82, 2.24) is 19.7 Å². The fourth-order valence-electron chi connectivity index (χ4n) is 1.28. The number of aryl methyl sites for hydroxylation is 2. The van der Waals surface area contributed by atoms with Crippen molar-refractivity contribution in [3.05, 3.63) is 29.7 Å². The summed E-state index contributed by atoms with van der Waals surface area (Å²) in [6.07, 6.45) is 1.49. The number of rotatable bonds is 3. The topological polar surface area (TPSA) is 90.1 Å². The van der Waals surface area contributed by atoms with Crippen LogP contribution in [0.5, 0.6) is 11.9 Å². The van der Waals surface area contributed by atoms with E-state index in [9.17, 15) is 4.79 Å². The number of nitrogens with zero attached hydrogens (tertiary/aromatic N) is 4. The highest BCUT2D eigenvalue weighted by Gasteiger charge is 2.10. The Labute approximate surface area is 96.7 Å². The highest BCUT2D eigenvalue weighted by Crippen LogP contribution is 2.17. The monoisotopic (exact) mass is 234 g/mol. The number of hydrogen-bond donors (Lipinski definition) is 1. The zero-order valence-corrected chi connectivity index (χ0v) is 9.28. The van der Waals surface area contributed by atoms with E-state index in [1.807, 2.05) is 0 Å². The SMILES string of the molecule is Cc1nc(Oc2ncn(C)n2)ccc1C(=O)O. The van der Waals surface area contributed by atoms with Gasteiger partial charge in [-0.15, -0.1) is 5.10 Å². The van der Waals surface area contributed by atoms with Crippen LogP contribution in [0.1, 0.15) is 16.1 Å². The molecule has 88 valence electrons. The molecule has 0 aliphatic carbocycles. The molecule has 0 spiro atoms. The molecule has 2 heterocycles. The zero-order valence-electron chi connectivity index (χ0n) is 9.28. The van der Waals surface area contributed by atoms with Crippen LogP contribution in [-0.4, -0.2) is 30.8 Å². The van der Waals surface area contributed by atoms with Crippen molar-refractivity contribution in [2.75, 3.05) is 0 Å². The molecule has 0 aliphatic rings. The van der Waals surface area contributed by atoms with Gasteiger partial charge in [0.15, 0.2) is 0 Å². The summed E-state index contributed by atoms with van der Waals surface area (Å²) < 4.78 is 6.76. The second-order valence-corrected chi connectivity index (χ2v) is 3.39. The number of hydrogen-bond acceptors (Lipinski definition) is 5. The first kappa shape index (κ1) is 11.1. The van der Waals surface area contributed by atoms with Crippen LogP contribution in [0.4, 0.5) is 0 Å². The highest BCUT2D eigenvalue weighted by molar-refractivity contribution is 5.88. The standard InChI is InChI=1S/C10H10N4O3/c1-6-7(9(15)16)3-4-8(12-6)17-10-11-5-14(2)13-10/h3-5H,1-2H3,(H,15,16). The quantitative estimate of drug-likeness (QED) is 0.852. The third-order valence-corrected chi connectivity index (χ3v) is 2.07. The summed E-state index contributed by atoms with van der Waals surface area (Å²) in [6.45, 7) is 1.60. The summed E-state index contributed by atoms with van der Waals surface area (Å²) in [5.74, 6) is -0.754. The van der Waals surface area contributed by atoms with Gasteiger partial charge in [-0.25, -0.2) is 9.78 Å². The molecule has 2 aromatic rings. The molecule has 0 saturated carbocycles. The van der Waals surface area contributed by atoms with E-state index in [2.05, 4.69) is 15.1 Å². The first-order valence-corrected chi connectivity index (χ1v) is 4.80. The van der Waals surface area contributed by atoms with Gasteiger partial charge in [0.1, 0.15) is 6.33 Å². The second kappa shape index (κ2) is 4.20. The van der Waals surface area contributed by atoms with Crippen LogP contribution < -0.4 is 4.74 Å². The molecule has 0 bridgehead atoms. The fourth-order valence-corrected chi connectivity index (χ4v) is 1.28. The number of aromatic nitrogens is 4. The van der Waals surface area contributed by atoms with Crippen molar-refractivity contribution in [1.29, 1.82) is 0 Å². The van der Waals surface area contributed by atoms with Crippen LogP contribution in [0.3, 0.4) is 0 Å². The van der Waals surface area contributed by atoms with E-state index >= 15 is 0 Å². The lowest BCUT2D eigenvalue weighted by molar-refractivity contribution is 0.0695. The van der Waals surface area contributed by atoms with Gasteiger partial charge < -0.3 is 9.84 Å². The average Bonchev–Trinajstić information content (AvgIpc) is 2.63. The van der Waals surface area contributed by atoms with Crippen molar-refractivity contribution in [2.24, 2.45) is 7.05 Å². The number of aromatic carboxylic acids is 1. The van der Waals surface area contributed by atoms with Gasteiger partial charge in [0.05, 0.1) is 11.3 Å². The van der Waals surface area contributed by atoms with E-state index in [0.717, 1.165) is 0 Å². The van der Waals surface area contributed by atoms with E-state index in [0.29, 0.717) is 5.69 Å². The number of carbonyl (C=O) groups is 1. The van der Waals surface area contributed by atoms with E-state index in [-0.39, 0.29) is 17.5 Å². The smallest absolute Gasteiger partial charge is 0.342 e.